The molecule has 0 saturated carbocycles. The summed E-state index contributed by atoms with van der Waals surface area (Å²) in [6.07, 6.45) is 0. The van der Waals surface area contributed by atoms with Crippen molar-refractivity contribution in [3.63, 3.8) is 0 Å². The molecule has 1 aromatic carbocycles. The summed E-state index contributed by atoms with van der Waals surface area (Å²) in [5.41, 5.74) is 0. The predicted octanol–water partition coefficient (Wildman–Crippen LogP) is 0.929. The second kappa shape index (κ2) is 7.96. The fraction of sp³-hybridized carbons (Fsp3) is 0.250. The normalized spacial score (nSPS) is 9.36. The van der Waals surface area contributed by atoms with Crippen LogP contribution in [-0.2, 0) is 27.2 Å². The first kappa shape index (κ1) is 16.1. The van der Waals surface area contributed by atoms with Crippen LogP contribution in [0.2, 0.25) is 0 Å². The van der Waals surface area contributed by atoms with E-state index in [1.165, 1.54) is 12.1 Å². The molecule has 0 aliphatic rings. The summed E-state index contributed by atoms with van der Waals surface area (Å²) in [6, 6.07) is 7.42. The van der Waals surface area contributed by atoms with E-state index in [-0.39, 0.29) is 28.6 Å². The van der Waals surface area contributed by atoms with Crippen LogP contribution in [0, 0.1) is 0 Å². The van der Waals surface area contributed by atoms with Gasteiger partial charge in [0.05, 0.1) is 4.90 Å². The van der Waals surface area contributed by atoms with Crippen LogP contribution in [0.25, 0.3) is 0 Å². The molecule has 0 unspecified atom stereocenters. The predicted molar refractivity (Wildman–Crippen MR) is 49.0 cm³/mol. The standard InChI is InChI=1S/C6H6O3S.C2H6O.Fe/c7-10(8,9)6-4-2-1-3-5-6;1-2-3;/h1-5H,(H,7,8,9);3H,2H2,1H3;. The summed E-state index contributed by atoms with van der Waals surface area (Å²) in [4.78, 5) is -0.0741. The SMILES string of the molecule is CCO.O=S(=O)(O)c1ccccc1.[Fe]. The molecule has 82 valence electrons. The molecule has 0 spiro atoms. The van der Waals surface area contributed by atoms with Gasteiger partial charge in [-0.2, -0.15) is 8.42 Å². The maximum atomic E-state index is 10.4. The summed E-state index contributed by atoms with van der Waals surface area (Å²) >= 11 is 0. The Labute approximate surface area is 94.2 Å². The maximum absolute atomic E-state index is 10.4. The van der Waals surface area contributed by atoms with Crippen molar-refractivity contribution in [2.24, 2.45) is 0 Å². The van der Waals surface area contributed by atoms with E-state index in [0.29, 0.717) is 0 Å². The third kappa shape index (κ3) is 7.06. The van der Waals surface area contributed by atoms with Gasteiger partial charge in [-0.3, -0.25) is 4.55 Å². The molecule has 0 bridgehead atoms. The fourth-order valence-corrected chi connectivity index (χ4v) is 1.09. The van der Waals surface area contributed by atoms with Crippen LogP contribution < -0.4 is 0 Å². The molecule has 6 heteroatoms. The molecule has 14 heavy (non-hydrogen) atoms. The molecule has 0 aliphatic heterocycles. The Morgan fingerprint density at radius 2 is 1.57 bits per heavy atom. The van der Waals surface area contributed by atoms with E-state index in [0.717, 1.165) is 0 Å². The number of rotatable bonds is 1. The van der Waals surface area contributed by atoms with E-state index in [1.54, 1.807) is 25.1 Å². The van der Waals surface area contributed by atoms with Crippen molar-refractivity contribution >= 4 is 10.1 Å². The minimum Gasteiger partial charge on any atom is -0.397 e. The second-order valence-corrected chi connectivity index (χ2v) is 3.53. The van der Waals surface area contributed by atoms with Crippen molar-refractivity contribution < 1.29 is 35.1 Å². The first-order valence-electron chi connectivity index (χ1n) is 3.65. The number of aliphatic hydroxyl groups excluding tert-OH is 1. The number of hydrogen-bond acceptors (Lipinski definition) is 3. The minimum atomic E-state index is -4.00. The molecule has 0 fully saturated rings. The third-order valence-corrected chi connectivity index (χ3v) is 1.91. The van der Waals surface area contributed by atoms with Crippen LogP contribution in [0.15, 0.2) is 35.2 Å². The molecular formula is C8H12FeO4S. The molecule has 1 aromatic rings. The quantitative estimate of drug-likeness (QED) is 0.581. The molecule has 0 heterocycles. The van der Waals surface area contributed by atoms with Gasteiger partial charge < -0.3 is 5.11 Å². The first-order chi connectivity index (χ1) is 6.02. The van der Waals surface area contributed by atoms with Crippen molar-refractivity contribution in [2.75, 3.05) is 6.61 Å². The van der Waals surface area contributed by atoms with Gasteiger partial charge in [-0.1, -0.05) is 18.2 Å². The third-order valence-electron chi connectivity index (χ3n) is 1.04. The van der Waals surface area contributed by atoms with E-state index < -0.39 is 10.1 Å². The summed E-state index contributed by atoms with van der Waals surface area (Å²) in [5, 5.41) is 7.57. The topological polar surface area (TPSA) is 74.6 Å². The van der Waals surface area contributed by atoms with Gasteiger partial charge in [0.15, 0.2) is 0 Å². The molecule has 2 N–H and O–H groups in total. The summed E-state index contributed by atoms with van der Waals surface area (Å²) < 4.78 is 29.2. The minimum absolute atomic E-state index is 0. The molecule has 0 saturated heterocycles. The zero-order chi connectivity index (χ0) is 10.3. The van der Waals surface area contributed by atoms with Gasteiger partial charge in [-0.25, -0.2) is 0 Å². The van der Waals surface area contributed by atoms with Gasteiger partial charge >= 0.3 is 0 Å². The zero-order valence-corrected chi connectivity index (χ0v) is 9.49. The van der Waals surface area contributed by atoms with E-state index in [4.69, 9.17) is 9.66 Å². The van der Waals surface area contributed by atoms with Crippen molar-refractivity contribution in [1.29, 1.82) is 0 Å². The second-order valence-electron chi connectivity index (χ2n) is 2.10. The van der Waals surface area contributed by atoms with E-state index in [1.807, 2.05) is 0 Å². The molecular weight excluding hydrogens is 248 g/mol. The smallest absolute Gasteiger partial charge is 0.294 e. The van der Waals surface area contributed by atoms with Gasteiger partial charge in [0.2, 0.25) is 0 Å². The molecule has 0 aromatic heterocycles. The van der Waals surface area contributed by atoms with Gasteiger partial charge in [-0.05, 0) is 19.1 Å². The fourth-order valence-electron chi connectivity index (χ4n) is 0.592. The molecule has 1 rings (SSSR count). The van der Waals surface area contributed by atoms with Crippen molar-refractivity contribution in [2.45, 2.75) is 11.8 Å². The molecule has 0 atom stereocenters. The Kier molecular flexibility index (Phi) is 9.13. The Morgan fingerprint density at radius 1 is 1.21 bits per heavy atom. The van der Waals surface area contributed by atoms with E-state index in [2.05, 4.69) is 0 Å². The van der Waals surface area contributed by atoms with E-state index in [9.17, 15) is 8.42 Å². The Morgan fingerprint density at radius 3 is 1.79 bits per heavy atom. The average molecular weight is 260 g/mol. The van der Waals surface area contributed by atoms with Crippen molar-refractivity contribution in [3.05, 3.63) is 30.3 Å². The summed E-state index contributed by atoms with van der Waals surface area (Å²) in [6.45, 7) is 1.93. The molecule has 0 aliphatic carbocycles. The van der Waals surface area contributed by atoms with Crippen molar-refractivity contribution in [1.82, 2.24) is 0 Å². The largest absolute Gasteiger partial charge is 0.397 e. The number of hydrogen-bond donors (Lipinski definition) is 2. The Hall–Kier alpha value is -0.391. The van der Waals surface area contributed by atoms with Gasteiger partial charge in [-0.15, -0.1) is 0 Å². The number of aliphatic hydroxyl groups is 1. The van der Waals surface area contributed by atoms with Crippen LogP contribution >= 0.6 is 0 Å². The average Bonchev–Trinajstić information content (AvgIpc) is 2.06. The van der Waals surface area contributed by atoms with Crippen molar-refractivity contribution in [3.8, 4) is 0 Å². The first-order valence-corrected chi connectivity index (χ1v) is 5.09. The summed E-state index contributed by atoms with van der Waals surface area (Å²) in [5.74, 6) is 0. The Balaban J connectivity index is 0. The molecule has 0 amide bonds. The van der Waals surface area contributed by atoms with Crippen LogP contribution in [0.3, 0.4) is 0 Å². The molecule has 0 radical (unpaired) electrons. The summed E-state index contributed by atoms with van der Waals surface area (Å²) in [7, 11) is -4.00. The van der Waals surface area contributed by atoms with Crippen LogP contribution in [-0.4, -0.2) is 24.7 Å². The van der Waals surface area contributed by atoms with Gasteiger partial charge in [0.25, 0.3) is 10.1 Å². The van der Waals surface area contributed by atoms with Gasteiger partial charge in [0.1, 0.15) is 0 Å². The van der Waals surface area contributed by atoms with Crippen LogP contribution in [0.5, 0.6) is 0 Å². The molecule has 4 nitrogen and oxygen atoms in total. The zero-order valence-electron chi connectivity index (χ0n) is 7.57. The van der Waals surface area contributed by atoms with Gasteiger partial charge in [0, 0.05) is 23.7 Å². The number of benzene rings is 1. The maximum Gasteiger partial charge on any atom is 0.294 e. The Bertz CT molecular complexity index is 322. The monoisotopic (exact) mass is 260 g/mol. The van der Waals surface area contributed by atoms with Crippen LogP contribution in [0.1, 0.15) is 6.92 Å². The van der Waals surface area contributed by atoms with Crippen LogP contribution in [0.4, 0.5) is 0 Å². The van der Waals surface area contributed by atoms with E-state index >= 15 is 0 Å².